The third kappa shape index (κ3) is 6.21. The van der Waals surface area contributed by atoms with Crippen LogP contribution >= 0.6 is 8.18 Å². The van der Waals surface area contributed by atoms with Crippen molar-refractivity contribution < 1.29 is 27.7 Å². The van der Waals surface area contributed by atoms with E-state index < -0.39 is 38.9 Å². The van der Waals surface area contributed by atoms with Crippen LogP contribution in [0.1, 0.15) is 54.2 Å². The fraction of sp³-hybridized carbons (Fsp3) is 0.714. The third-order valence-corrected chi connectivity index (χ3v) is 6.57. The molecule has 1 unspecified atom stereocenters. The van der Waals surface area contributed by atoms with E-state index in [9.17, 15) is 9.36 Å². The van der Waals surface area contributed by atoms with Crippen molar-refractivity contribution in [3.63, 3.8) is 0 Å². The molecule has 1 fully saturated rings. The summed E-state index contributed by atoms with van der Waals surface area (Å²) in [4.78, 5) is 27.0. The molecule has 35 heavy (non-hydrogen) atoms. The number of esters is 1. The van der Waals surface area contributed by atoms with Crippen LogP contribution in [0.15, 0.2) is 6.33 Å². The summed E-state index contributed by atoms with van der Waals surface area (Å²) < 4.78 is 45.4. The molecule has 0 saturated carbocycles. The van der Waals surface area contributed by atoms with Crippen LogP contribution in [-0.4, -0.2) is 63.2 Å². The van der Waals surface area contributed by atoms with Gasteiger partial charge in [0.1, 0.15) is 12.3 Å². The van der Waals surface area contributed by atoms with Crippen molar-refractivity contribution >= 4 is 37.1 Å². The second kappa shape index (κ2) is 11.1. The molecule has 0 radical (unpaired) electrons. The van der Waals surface area contributed by atoms with Crippen LogP contribution in [0.5, 0.6) is 0 Å². The minimum absolute atomic E-state index is 0.00503. The Balaban J connectivity index is 1.71. The fourth-order valence-electron chi connectivity index (χ4n) is 3.97. The maximum absolute atomic E-state index is 15.5. The van der Waals surface area contributed by atoms with E-state index in [1.54, 1.807) is 18.4 Å². The van der Waals surface area contributed by atoms with E-state index in [0.29, 0.717) is 30.1 Å². The minimum Gasteiger partial charge on any atom is -0.462 e. The van der Waals surface area contributed by atoms with Gasteiger partial charge in [-0.05, 0) is 39.2 Å². The van der Waals surface area contributed by atoms with Crippen molar-refractivity contribution in [2.45, 2.75) is 72.2 Å². The van der Waals surface area contributed by atoms with Gasteiger partial charge in [-0.1, -0.05) is 12.0 Å². The number of alkyl halides is 1. The summed E-state index contributed by atoms with van der Waals surface area (Å²) >= 11 is 0. The molecule has 5 atom stereocenters. The average Bonchev–Trinajstić information content (AvgIpc) is 3.32. The zero-order valence-corrected chi connectivity index (χ0v) is 21.8. The van der Waals surface area contributed by atoms with Gasteiger partial charge in [0.25, 0.3) is 0 Å². The molecule has 3 N–H and O–H groups in total. The number of rotatable bonds is 11. The van der Waals surface area contributed by atoms with Crippen molar-refractivity contribution in [3.8, 4) is 0 Å². The lowest BCUT2D eigenvalue weighted by Gasteiger charge is -2.21. The van der Waals surface area contributed by atoms with Crippen LogP contribution in [0.3, 0.4) is 0 Å². The summed E-state index contributed by atoms with van der Waals surface area (Å²) in [6, 6.07) is -0.879. The zero-order valence-electron chi connectivity index (χ0n) is 20.9. The number of nitrogens with one attached hydrogen (secondary N) is 1. The Kier molecular flexibility index (Phi) is 8.58. The van der Waals surface area contributed by atoms with Crippen LogP contribution in [0.25, 0.3) is 11.2 Å². The second-order valence-corrected chi connectivity index (χ2v) is 9.87. The summed E-state index contributed by atoms with van der Waals surface area (Å²) in [5.41, 5.74) is 6.94. The Morgan fingerprint density at radius 3 is 2.71 bits per heavy atom. The highest BCUT2D eigenvalue weighted by Gasteiger charge is 2.49. The van der Waals surface area contributed by atoms with Crippen molar-refractivity contribution in [1.29, 1.82) is 0 Å². The number of hydrogen-bond donors (Lipinski definition) is 2. The summed E-state index contributed by atoms with van der Waals surface area (Å²) in [5.74, 6) is -2.38. The van der Waals surface area contributed by atoms with E-state index in [-0.39, 0.29) is 24.4 Å². The summed E-state index contributed by atoms with van der Waals surface area (Å²) in [5, 5.41) is 2.47. The molecule has 194 valence electrons. The number of nitrogens with two attached hydrogens (primary N) is 1. The molecule has 0 aromatic carbocycles. The fourth-order valence-corrected chi connectivity index (χ4v) is 4.78. The van der Waals surface area contributed by atoms with Crippen LogP contribution < -0.4 is 15.7 Å². The molecule has 0 amide bonds. The summed E-state index contributed by atoms with van der Waals surface area (Å²) in [6.45, 7) is 11.5. The molecule has 14 heteroatoms. The first-order valence-electron chi connectivity index (χ1n) is 11.7. The highest BCUT2D eigenvalue weighted by atomic mass is 31.1. The number of fused-ring (bicyclic) bond motifs is 1. The predicted octanol–water partition coefficient (Wildman–Crippen LogP) is 3.08. The first kappa shape index (κ1) is 27.1. The van der Waals surface area contributed by atoms with Gasteiger partial charge in [-0.2, -0.15) is 9.97 Å². The quantitative estimate of drug-likeness (QED) is 0.337. The lowest BCUT2D eigenvalue weighted by molar-refractivity contribution is -0.172. The number of carbonyl (C=O) groups is 1. The maximum atomic E-state index is 15.5. The number of halogens is 1. The Morgan fingerprint density at radius 2 is 2.09 bits per heavy atom. The zero-order chi connectivity index (χ0) is 25.9. The Bertz CT molecular complexity index is 1070. The molecule has 0 spiro atoms. The standard InChI is InChI=1S/C21H34FN7O5P/c1-7-28(8-2)16-15-17(26-20(23)25-16)29(11-24-15)18-13(5)9-21(22,34-18)10-32-35(31)27-14(6)19(30)33-12(3)4/h11-14,18H,7-10H2,1-6H3,(H,27,31)(H2,23,25,26)/q+1/t13-,14-,18+,21-/m0/s1. The molecule has 3 heterocycles. The first-order chi connectivity index (χ1) is 16.5. The van der Waals surface area contributed by atoms with Crippen molar-refractivity contribution in [2.24, 2.45) is 5.92 Å². The van der Waals surface area contributed by atoms with E-state index in [0.717, 1.165) is 0 Å². The van der Waals surface area contributed by atoms with Crippen LogP contribution in [-0.2, 0) is 23.4 Å². The lowest BCUT2D eigenvalue weighted by Crippen LogP contribution is -2.34. The van der Waals surface area contributed by atoms with Crippen LogP contribution in [0.4, 0.5) is 16.2 Å². The molecule has 0 bridgehead atoms. The highest BCUT2D eigenvalue weighted by molar-refractivity contribution is 7.36. The number of hydrogen-bond acceptors (Lipinski definition) is 10. The first-order valence-corrected chi connectivity index (χ1v) is 12.8. The van der Waals surface area contributed by atoms with Crippen molar-refractivity contribution in [1.82, 2.24) is 24.6 Å². The molecule has 12 nitrogen and oxygen atoms in total. The highest BCUT2D eigenvalue weighted by Crippen LogP contribution is 2.44. The topological polar surface area (TPSA) is 147 Å². The normalized spacial score (nSPS) is 23.6. The van der Waals surface area contributed by atoms with E-state index in [1.165, 1.54) is 13.3 Å². The smallest absolute Gasteiger partial charge is 0.462 e. The molecule has 2 aromatic heterocycles. The van der Waals surface area contributed by atoms with Gasteiger partial charge in [-0.3, -0.25) is 9.36 Å². The van der Waals surface area contributed by atoms with Crippen LogP contribution in [0.2, 0.25) is 0 Å². The van der Waals surface area contributed by atoms with Crippen molar-refractivity contribution in [3.05, 3.63) is 6.33 Å². The van der Waals surface area contributed by atoms with E-state index in [1.807, 2.05) is 25.7 Å². The number of anilines is 2. The number of nitrogen functional groups attached to an aromatic ring is 1. The number of ether oxygens (including phenoxy) is 2. The van der Waals surface area contributed by atoms with Gasteiger partial charge in [-0.25, -0.2) is 9.37 Å². The van der Waals surface area contributed by atoms with Gasteiger partial charge in [0.05, 0.1) is 12.4 Å². The molecular weight excluding hydrogens is 480 g/mol. The SMILES string of the molecule is CCN(CC)c1nc(N)nc2c1ncn2[C@@H]1O[C@](F)(CO[P+](=O)N[C@@H](C)C(=O)OC(C)C)C[C@@H]1C. The average molecular weight is 515 g/mol. The molecule has 1 aliphatic heterocycles. The van der Waals surface area contributed by atoms with Gasteiger partial charge < -0.3 is 20.1 Å². The second-order valence-electron chi connectivity index (χ2n) is 8.84. The Labute approximate surface area is 204 Å². The molecular formula is C21H34FN7O5P+. The summed E-state index contributed by atoms with van der Waals surface area (Å²) in [6.07, 6.45) is 0.476. The third-order valence-electron chi connectivity index (χ3n) is 5.60. The Morgan fingerprint density at radius 1 is 1.40 bits per heavy atom. The van der Waals surface area contributed by atoms with E-state index in [2.05, 4.69) is 20.0 Å². The molecule has 1 aliphatic rings. The minimum atomic E-state index is -2.53. The number of imidazole rings is 1. The van der Waals surface area contributed by atoms with Gasteiger partial charge in [0.2, 0.25) is 11.8 Å². The van der Waals surface area contributed by atoms with Gasteiger partial charge in [0.15, 0.2) is 23.6 Å². The van der Waals surface area contributed by atoms with E-state index in [4.69, 9.17) is 19.7 Å². The molecule has 1 saturated heterocycles. The monoisotopic (exact) mass is 514 g/mol. The number of carbonyl (C=O) groups excluding carboxylic acids is 1. The Hall–Kier alpha value is -2.47. The van der Waals surface area contributed by atoms with Gasteiger partial charge >= 0.3 is 14.1 Å². The predicted molar refractivity (Wildman–Crippen MR) is 128 cm³/mol. The molecule has 3 rings (SSSR count). The largest absolute Gasteiger partial charge is 0.614 e. The number of aromatic nitrogens is 4. The van der Waals surface area contributed by atoms with Crippen LogP contribution in [0, 0.1) is 5.92 Å². The lowest BCUT2D eigenvalue weighted by atomic mass is 10.1. The van der Waals surface area contributed by atoms with Gasteiger partial charge in [-0.15, -0.1) is 4.52 Å². The molecule has 0 aliphatic carbocycles. The maximum Gasteiger partial charge on any atom is 0.614 e. The van der Waals surface area contributed by atoms with E-state index >= 15 is 4.39 Å². The van der Waals surface area contributed by atoms with Crippen molar-refractivity contribution in [2.75, 3.05) is 30.3 Å². The number of nitrogens with zero attached hydrogens (tertiary/aromatic N) is 5. The summed E-state index contributed by atoms with van der Waals surface area (Å²) in [7, 11) is -2.53. The van der Waals surface area contributed by atoms with Gasteiger partial charge in [0, 0.05) is 25.4 Å². The molecule has 2 aromatic rings.